The molecule has 1 aromatic heterocycles. The summed E-state index contributed by atoms with van der Waals surface area (Å²) in [6.07, 6.45) is 3.99. The van der Waals surface area contributed by atoms with Gasteiger partial charge < -0.3 is 10.2 Å². The molecule has 0 atom stereocenters. The molecule has 4 nitrogen and oxygen atoms in total. The number of amides is 1. The monoisotopic (exact) mass is 281 g/mol. The van der Waals surface area contributed by atoms with Crippen molar-refractivity contribution in [3.05, 3.63) is 11.1 Å². The molecule has 5 heteroatoms. The fourth-order valence-corrected chi connectivity index (χ4v) is 3.15. The Bertz CT molecular complexity index is 411. The fraction of sp³-hybridized carbons (Fsp3) is 0.714. The first-order chi connectivity index (χ1) is 9.15. The average molecular weight is 281 g/mol. The first-order valence-electron chi connectivity index (χ1n) is 7.11. The minimum Gasteiger partial charge on any atom is -0.356 e. The number of rotatable bonds is 6. The van der Waals surface area contributed by atoms with Gasteiger partial charge in [-0.25, -0.2) is 4.98 Å². The molecule has 0 aliphatic carbocycles. The van der Waals surface area contributed by atoms with Crippen LogP contribution in [0.2, 0.25) is 0 Å². The van der Waals surface area contributed by atoms with E-state index >= 15 is 0 Å². The van der Waals surface area contributed by atoms with Crippen molar-refractivity contribution in [3.63, 3.8) is 0 Å². The second kappa shape index (κ2) is 6.89. The summed E-state index contributed by atoms with van der Waals surface area (Å²) in [6.45, 7) is 7.08. The molecular formula is C14H23N3OS. The van der Waals surface area contributed by atoms with Gasteiger partial charge in [0.2, 0.25) is 5.91 Å². The summed E-state index contributed by atoms with van der Waals surface area (Å²) in [4.78, 5) is 18.5. The van der Waals surface area contributed by atoms with Gasteiger partial charge in [-0.1, -0.05) is 13.8 Å². The maximum absolute atomic E-state index is 11.5. The van der Waals surface area contributed by atoms with Gasteiger partial charge in [-0.3, -0.25) is 4.79 Å². The molecule has 0 radical (unpaired) electrons. The first-order valence-corrected chi connectivity index (χ1v) is 7.99. The molecule has 0 bridgehead atoms. The van der Waals surface area contributed by atoms with Crippen LogP contribution >= 0.6 is 11.3 Å². The number of carbonyl (C=O) groups excluding carboxylic acids is 1. The third kappa shape index (κ3) is 4.49. The van der Waals surface area contributed by atoms with E-state index in [-0.39, 0.29) is 5.91 Å². The fourth-order valence-electron chi connectivity index (χ4n) is 2.24. The van der Waals surface area contributed by atoms with Crippen LogP contribution in [-0.4, -0.2) is 30.5 Å². The van der Waals surface area contributed by atoms with E-state index in [1.807, 2.05) is 0 Å². The largest absolute Gasteiger partial charge is 0.356 e. The van der Waals surface area contributed by atoms with E-state index in [1.54, 1.807) is 11.3 Å². The van der Waals surface area contributed by atoms with Gasteiger partial charge in [-0.05, 0) is 18.8 Å². The molecule has 1 saturated heterocycles. The van der Waals surface area contributed by atoms with Crippen LogP contribution in [0.25, 0.3) is 0 Å². The van der Waals surface area contributed by atoms with Crippen molar-refractivity contribution in [1.82, 2.24) is 10.3 Å². The average Bonchev–Trinajstić information content (AvgIpc) is 2.97. The lowest BCUT2D eigenvalue weighted by Crippen LogP contribution is -2.26. The van der Waals surface area contributed by atoms with Crippen LogP contribution in [0, 0.1) is 5.92 Å². The van der Waals surface area contributed by atoms with E-state index in [9.17, 15) is 4.79 Å². The smallest absolute Gasteiger partial charge is 0.220 e. The second-order valence-corrected chi connectivity index (χ2v) is 6.35. The Morgan fingerprint density at radius 2 is 2.21 bits per heavy atom. The zero-order valence-corrected chi connectivity index (χ0v) is 12.6. The quantitative estimate of drug-likeness (QED) is 0.871. The number of aromatic nitrogens is 1. The molecule has 1 amide bonds. The van der Waals surface area contributed by atoms with Crippen LogP contribution in [0.15, 0.2) is 5.38 Å². The summed E-state index contributed by atoms with van der Waals surface area (Å²) in [5, 5.41) is 6.21. The van der Waals surface area contributed by atoms with Gasteiger partial charge in [0.25, 0.3) is 0 Å². The molecule has 1 fully saturated rings. The predicted molar refractivity (Wildman–Crippen MR) is 79.7 cm³/mol. The summed E-state index contributed by atoms with van der Waals surface area (Å²) < 4.78 is 0. The Labute approximate surface area is 119 Å². The van der Waals surface area contributed by atoms with Crippen molar-refractivity contribution < 1.29 is 4.79 Å². The molecule has 1 N–H and O–H groups in total. The van der Waals surface area contributed by atoms with E-state index < -0.39 is 0 Å². The van der Waals surface area contributed by atoms with Crippen molar-refractivity contribution in [2.24, 2.45) is 5.92 Å². The second-order valence-electron chi connectivity index (χ2n) is 5.51. The highest BCUT2D eigenvalue weighted by Crippen LogP contribution is 2.24. The zero-order chi connectivity index (χ0) is 13.7. The van der Waals surface area contributed by atoms with Crippen molar-refractivity contribution in [2.45, 2.75) is 39.5 Å². The SMILES string of the molecule is CC(C)CC(=O)NCCc1csc(N2CCCC2)n1. The Kier molecular flexibility index (Phi) is 5.19. The third-order valence-corrected chi connectivity index (χ3v) is 4.16. The summed E-state index contributed by atoms with van der Waals surface area (Å²) in [5.74, 6) is 0.561. The molecule has 19 heavy (non-hydrogen) atoms. The standard InChI is InChI=1S/C14H23N3OS/c1-11(2)9-13(18)15-6-5-12-10-19-14(16-12)17-7-3-4-8-17/h10-11H,3-9H2,1-2H3,(H,15,18). The molecule has 0 aromatic carbocycles. The van der Waals surface area contributed by atoms with Crippen molar-refractivity contribution in [2.75, 3.05) is 24.5 Å². The molecule has 0 spiro atoms. The Hall–Kier alpha value is -1.10. The van der Waals surface area contributed by atoms with Crippen LogP contribution in [0.3, 0.4) is 0 Å². The van der Waals surface area contributed by atoms with Gasteiger partial charge in [0.05, 0.1) is 5.69 Å². The topological polar surface area (TPSA) is 45.2 Å². The number of nitrogens with zero attached hydrogens (tertiary/aromatic N) is 2. The zero-order valence-electron chi connectivity index (χ0n) is 11.8. The van der Waals surface area contributed by atoms with E-state index in [2.05, 4.69) is 34.4 Å². The van der Waals surface area contributed by atoms with E-state index in [1.165, 1.54) is 12.8 Å². The Balaban J connectivity index is 1.72. The number of anilines is 1. The van der Waals surface area contributed by atoms with E-state index in [0.717, 1.165) is 30.3 Å². The highest BCUT2D eigenvalue weighted by molar-refractivity contribution is 7.13. The molecule has 2 heterocycles. The lowest BCUT2D eigenvalue weighted by Gasteiger charge is -2.12. The molecule has 106 valence electrons. The molecule has 1 aromatic rings. The number of thiazole rings is 1. The van der Waals surface area contributed by atoms with Gasteiger partial charge in [0.1, 0.15) is 0 Å². The summed E-state index contributed by atoms with van der Waals surface area (Å²) in [5.41, 5.74) is 1.09. The molecule has 0 unspecified atom stereocenters. The molecule has 1 aliphatic heterocycles. The van der Waals surface area contributed by atoms with E-state index in [0.29, 0.717) is 18.9 Å². The van der Waals surface area contributed by atoms with Crippen LogP contribution in [0.5, 0.6) is 0 Å². The normalized spacial score (nSPS) is 15.2. The van der Waals surface area contributed by atoms with Gasteiger partial charge in [-0.15, -0.1) is 11.3 Å². The van der Waals surface area contributed by atoms with Gasteiger partial charge in [-0.2, -0.15) is 0 Å². The minimum atomic E-state index is 0.144. The van der Waals surface area contributed by atoms with Crippen LogP contribution in [0.4, 0.5) is 5.13 Å². The highest BCUT2D eigenvalue weighted by Gasteiger charge is 2.15. The van der Waals surface area contributed by atoms with Crippen LogP contribution < -0.4 is 10.2 Å². The van der Waals surface area contributed by atoms with Crippen LogP contribution in [0.1, 0.15) is 38.8 Å². The number of hydrogen-bond acceptors (Lipinski definition) is 4. The van der Waals surface area contributed by atoms with Crippen molar-refractivity contribution >= 4 is 22.4 Å². The van der Waals surface area contributed by atoms with Gasteiger partial charge in [0.15, 0.2) is 5.13 Å². The molecule has 1 aliphatic rings. The van der Waals surface area contributed by atoms with Crippen molar-refractivity contribution in [1.29, 1.82) is 0 Å². The van der Waals surface area contributed by atoms with Crippen LogP contribution in [-0.2, 0) is 11.2 Å². The molecular weight excluding hydrogens is 258 g/mol. The Morgan fingerprint density at radius 3 is 2.89 bits per heavy atom. The summed E-state index contributed by atoms with van der Waals surface area (Å²) >= 11 is 1.72. The maximum atomic E-state index is 11.5. The number of carbonyl (C=O) groups is 1. The molecule has 0 saturated carbocycles. The van der Waals surface area contributed by atoms with Gasteiger partial charge >= 0.3 is 0 Å². The van der Waals surface area contributed by atoms with Gasteiger partial charge in [0, 0.05) is 37.9 Å². The Morgan fingerprint density at radius 1 is 1.47 bits per heavy atom. The predicted octanol–water partition coefficient (Wildman–Crippen LogP) is 2.45. The lowest BCUT2D eigenvalue weighted by atomic mass is 10.1. The van der Waals surface area contributed by atoms with Crippen molar-refractivity contribution in [3.8, 4) is 0 Å². The number of hydrogen-bond donors (Lipinski definition) is 1. The maximum Gasteiger partial charge on any atom is 0.220 e. The number of nitrogens with one attached hydrogen (secondary N) is 1. The molecule has 2 rings (SSSR count). The minimum absolute atomic E-state index is 0.144. The van der Waals surface area contributed by atoms with E-state index in [4.69, 9.17) is 0 Å². The lowest BCUT2D eigenvalue weighted by molar-refractivity contribution is -0.121. The third-order valence-electron chi connectivity index (χ3n) is 3.21. The highest BCUT2D eigenvalue weighted by atomic mass is 32.1. The first kappa shape index (κ1) is 14.3. The summed E-state index contributed by atoms with van der Waals surface area (Å²) in [6, 6.07) is 0. The summed E-state index contributed by atoms with van der Waals surface area (Å²) in [7, 11) is 0.